The van der Waals surface area contributed by atoms with Crippen molar-refractivity contribution in [3.63, 3.8) is 0 Å². The molecule has 1 aromatic heterocycles. The number of Topliss-reactive ketones (excluding diaryl/α,β-unsaturated/α-hetero) is 1. The summed E-state index contributed by atoms with van der Waals surface area (Å²) in [7, 11) is 0. The Bertz CT molecular complexity index is 457. The van der Waals surface area contributed by atoms with Gasteiger partial charge in [0.05, 0.1) is 8.48 Å². The number of hydrogen-bond donors (Lipinski definition) is 0. The predicted octanol–water partition coefficient (Wildman–Crippen LogP) is 4.66. The van der Waals surface area contributed by atoms with Crippen molar-refractivity contribution < 1.29 is 9.53 Å². The van der Waals surface area contributed by atoms with Crippen molar-refractivity contribution in [2.75, 3.05) is 6.61 Å². The highest BCUT2D eigenvalue weighted by Crippen LogP contribution is 2.41. The Hall–Kier alpha value is 0.0600. The summed E-state index contributed by atoms with van der Waals surface area (Å²) in [4.78, 5) is 12.6. The van der Waals surface area contributed by atoms with Crippen molar-refractivity contribution in [2.45, 2.75) is 50.5 Å². The summed E-state index contributed by atoms with van der Waals surface area (Å²) in [6.07, 6.45) is 7.99. The van der Waals surface area contributed by atoms with Crippen molar-refractivity contribution in [3.05, 3.63) is 19.9 Å². The van der Waals surface area contributed by atoms with Crippen LogP contribution in [-0.4, -0.2) is 18.0 Å². The molecule has 1 spiro atoms. The van der Waals surface area contributed by atoms with E-state index in [-0.39, 0.29) is 11.5 Å². The van der Waals surface area contributed by atoms with Gasteiger partial charge in [0, 0.05) is 23.5 Å². The molecule has 4 heteroatoms. The van der Waals surface area contributed by atoms with Gasteiger partial charge >= 0.3 is 0 Å². The summed E-state index contributed by atoms with van der Waals surface area (Å²) in [5.41, 5.74) is 0.937. The molecule has 3 rings (SSSR count). The lowest BCUT2D eigenvalue weighted by Gasteiger charge is -2.43. The molecule has 1 aliphatic carbocycles. The second-order valence-corrected chi connectivity index (χ2v) is 8.59. The fourth-order valence-corrected chi connectivity index (χ4v) is 4.81. The summed E-state index contributed by atoms with van der Waals surface area (Å²) in [5.74, 6) is 0.518. The van der Waals surface area contributed by atoms with E-state index in [1.54, 1.807) is 11.3 Å². The summed E-state index contributed by atoms with van der Waals surface area (Å²) in [5, 5.41) is 2.01. The Morgan fingerprint density at radius 2 is 2.16 bits per heavy atom. The van der Waals surface area contributed by atoms with Gasteiger partial charge in [0.25, 0.3) is 0 Å². The molecule has 1 saturated heterocycles. The van der Waals surface area contributed by atoms with Crippen LogP contribution in [0.25, 0.3) is 0 Å². The molecule has 2 nitrogen and oxygen atoms in total. The number of ether oxygens (including phenoxy) is 1. The Morgan fingerprint density at radius 3 is 2.84 bits per heavy atom. The first kappa shape index (κ1) is 14.0. The average Bonchev–Trinajstić information content (AvgIpc) is 2.85. The van der Waals surface area contributed by atoms with Gasteiger partial charge in [-0.3, -0.25) is 4.79 Å². The molecule has 104 valence electrons. The van der Waals surface area contributed by atoms with Gasteiger partial charge in [-0.1, -0.05) is 19.3 Å². The van der Waals surface area contributed by atoms with E-state index in [2.05, 4.69) is 22.6 Å². The van der Waals surface area contributed by atoms with E-state index < -0.39 is 0 Å². The van der Waals surface area contributed by atoms with E-state index in [0.717, 1.165) is 37.9 Å². The number of halogens is 1. The molecule has 0 radical (unpaired) electrons. The second-order valence-electron chi connectivity index (χ2n) is 5.79. The quantitative estimate of drug-likeness (QED) is 0.542. The van der Waals surface area contributed by atoms with E-state index in [1.165, 1.54) is 22.1 Å². The fourth-order valence-electron chi connectivity index (χ4n) is 3.47. The number of hydrogen-bond acceptors (Lipinski definition) is 3. The third-order valence-corrected chi connectivity index (χ3v) is 6.27. The molecule has 1 atom stereocenters. The highest BCUT2D eigenvalue weighted by molar-refractivity contribution is 14.1. The Labute approximate surface area is 132 Å². The van der Waals surface area contributed by atoms with Crippen LogP contribution in [0.3, 0.4) is 0 Å². The third kappa shape index (κ3) is 3.05. The minimum Gasteiger partial charge on any atom is -0.375 e. The molecule has 1 saturated carbocycles. The van der Waals surface area contributed by atoms with Crippen molar-refractivity contribution in [1.29, 1.82) is 0 Å². The molecule has 2 heterocycles. The first-order valence-electron chi connectivity index (χ1n) is 7.11. The molecule has 1 unspecified atom stereocenters. The van der Waals surface area contributed by atoms with Crippen molar-refractivity contribution in [1.82, 2.24) is 0 Å². The van der Waals surface area contributed by atoms with Crippen LogP contribution in [0.1, 0.15) is 55.3 Å². The minimum atomic E-state index is 0.0278. The van der Waals surface area contributed by atoms with Gasteiger partial charge < -0.3 is 4.74 Å². The number of carbonyl (C=O) groups excluding carboxylic acids is 1. The highest BCUT2D eigenvalue weighted by atomic mass is 127. The monoisotopic (exact) mass is 390 g/mol. The lowest BCUT2D eigenvalue weighted by Crippen LogP contribution is -2.43. The third-order valence-electron chi connectivity index (χ3n) is 4.48. The summed E-state index contributed by atoms with van der Waals surface area (Å²) >= 11 is 3.94. The van der Waals surface area contributed by atoms with Crippen molar-refractivity contribution >= 4 is 39.7 Å². The number of thiophene rings is 1. The van der Waals surface area contributed by atoms with Crippen LogP contribution < -0.4 is 0 Å². The van der Waals surface area contributed by atoms with E-state index in [9.17, 15) is 4.79 Å². The number of carbonyl (C=O) groups is 1. The van der Waals surface area contributed by atoms with Crippen molar-refractivity contribution in [2.24, 2.45) is 5.92 Å². The minimum absolute atomic E-state index is 0.0278. The van der Waals surface area contributed by atoms with Gasteiger partial charge in [-0.15, -0.1) is 11.3 Å². The molecule has 1 aliphatic heterocycles. The second kappa shape index (κ2) is 5.82. The van der Waals surface area contributed by atoms with Gasteiger partial charge in [0.1, 0.15) is 0 Å². The van der Waals surface area contributed by atoms with Crippen LogP contribution in [0.2, 0.25) is 0 Å². The Morgan fingerprint density at radius 1 is 1.37 bits per heavy atom. The number of rotatable bonds is 2. The molecule has 0 N–H and O–H groups in total. The maximum atomic E-state index is 12.6. The van der Waals surface area contributed by atoms with Crippen LogP contribution in [0.15, 0.2) is 11.4 Å². The maximum Gasteiger partial charge on any atom is 0.167 e. The zero-order valence-electron chi connectivity index (χ0n) is 11.0. The predicted molar refractivity (Wildman–Crippen MR) is 85.9 cm³/mol. The molecule has 0 amide bonds. The van der Waals surface area contributed by atoms with Crippen LogP contribution in [0.5, 0.6) is 0 Å². The van der Waals surface area contributed by atoms with Crippen LogP contribution in [0, 0.1) is 8.80 Å². The van der Waals surface area contributed by atoms with Gasteiger partial charge in [0.2, 0.25) is 0 Å². The average molecular weight is 390 g/mol. The lowest BCUT2D eigenvalue weighted by atomic mass is 9.74. The largest absolute Gasteiger partial charge is 0.375 e. The zero-order valence-corrected chi connectivity index (χ0v) is 14.0. The smallest absolute Gasteiger partial charge is 0.167 e. The Kier molecular flexibility index (Phi) is 4.29. The van der Waals surface area contributed by atoms with Crippen LogP contribution >= 0.6 is 33.9 Å². The SMILES string of the molecule is O=C(c1csc(I)c1)C1CCOC2(CCCCC2)C1. The molecule has 19 heavy (non-hydrogen) atoms. The molecule has 2 aliphatic rings. The van der Waals surface area contributed by atoms with Crippen LogP contribution in [-0.2, 0) is 4.74 Å². The molecule has 1 aromatic rings. The van der Waals surface area contributed by atoms with E-state index in [1.807, 2.05) is 11.4 Å². The Balaban J connectivity index is 1.72. The van der Waals surface area contributed by atoms with Crippen LogP contribution in [0.4, 0.5) is 0 Å². The zero-order chi connectivity index (χ0) is 13.3. The standard InChI is InChI=1S/C15H19IO2S/c16-13-8-12(10-19-13)14(17)11-4-7-18-15(9-11)5-2-1-3-6-15/h8,10-11H,1-7,9H2. The molecular formula is C15H19IO2S. The molecule has 2 fully saturated rings. The lowest BCUT2D eigenvalue weighted by molar-refractivity contribution is -0.111. The summed E-state index contributed by atoms with van der Waals surface area (Å²) < 4.78 is 7.27. The molecule has 0 bridgehead atoms. The first-order valence-corrected chi connectivity index (χ1v) is 9.07. The highest BCUT2D eigenvalue weighted by Gasteiger charge is 2.40. The molecular weight excluding hydrogens is 371 g/mol. The van der Waals surface area contributed by atoms with E-state index >= 15 is 0 Å². The summed E-state index contributed by atoms with van der Waals surface area (Å²) in [6.45, 7) is 0.762. The fraction of sp³-hybridized carbons (Fsp3) is 0.667. The number of ketones is 1. The summed E-state index contributed by atoms with van der Waals surface area (Å²) in [6, 6.07) is 2.02. The van der Waals surface area contributed by atoms with E-state index in [4.69, 9.17) is 4.74 Å². The van der Waals surface area contributed by atoms with Gasteiger partial charge in [-0.05, 0) is 54.3 Å². The van der Waals surface area contributed by atoms with Gasteiger partial charge in [-0.2, -0.15) is 0 Å². The first-order chi connectivity index (χ1) is 9.19. The maximum absolute atomic E-state index is 12.6. The van der Waals surface area contributed by atoms with Gasteiger partial charge in [0.15, 0.2) is 5.78 Å². The molecule has 0 aromatic carbocycles. The van der Waals surface area contributed by atoms with E-state index in [0.29, 0.717) is 5.78 Å². The topological polar surface area (TPSA) is 26.3 Å². The van der Waals surface area contributed by atoms with Crippen molar-refractivity contribution in [3.8, 4) is 0 Å². The van der Waals surface area contributed by atoms with Gasteiger partial charge in [-0.25, -0.2) is 0 Å². The normalized spacial score (nSPS) is 26.5.